The molecule has 0 heterocycles. The van der Waals surface area contributed by atoms with Crippen molar-refractivity contribution in [2.75, 3.05) is 11.9 Å². The lowest BCUT2D eigenvalue weighted by molar-refractivity contribution is 0.598. The monoisotopic (exact) mass is 384 g/mol. The van der Waals surface area contributed by atoms with Crippen molar-refractivity contribution < 1.29 is 8.42 Å². The highest BCUT2D eigenvalue weighted by Crippen LogP contribution is 2.20. The van der Waals surface area contributed by atoms with Crippen LogP contribution in [0.2, 0.25) is 5.02 Å². The lowest BCUT2D eigenvalue weighted by Crippen LogP contribution is -2.28. The highest BCUT2D eigenvalue weighted by Gasteiger charge is 2.19. The number of para-hydroxylation sites is 1. The fraction of sp³-hybridized carbons (Fsp3) is 0.0500. The molecule has 0 N–H and O–H groups in total. The molecule has 0 aromatic heterocycles. The lowest BCUT2D eigenvalue weighted by Gasteiger charge is -2.21. The largest absolute Gasteiger partial charge is 0.328 e. The number of rotatable bonds is 4. The van der Waals surface area contributed by atoms with E-state index in [0.29, 0.717) is 16.4 Å². The topological polar surface area (TPSA) is 49.7 Å². The van der Waals surface area contributed by atoms with Gasteiger partial charge in [-0.1, -0.05) is 60.1 Å². The van der Waals surface area contributed by atoms with E-state index in [4.69, 9.17) is 11.6 Å². The molecular weight excluding hydrogens is 368 g/mol. The maximum Gasteiger partial charge on any atom is 0.284 e. The van der Waals surface area contributed by atoms with Crippen LogP contribution < -0.4 is 4.90 Å². The van der Waals surface area contributed by atoms with Crippen molar-refractivity contribution in [2.45, 2.75) is 4.90 Å². The van der Waals surface area contributed by atoms with Crippen molar-refractivity contribution in [1.29, 1.82) is 0 Å². The highest BCUT2D eigenvalue weighted by atomic mass is 35.5. The van der Waals surface area contributed by atoms with Gasteiger partial charge in [0.15, 0.2) is 5.84 Å². The van der Waals surface area contributed by atoms with E-state index in [9.17, 15) is 8.42 Å². The Labute approximate surface area is 158 Å². The smallest absolute Gasteiger partial charge is 0.284 e. The standard InChI is InChI=1S/C20H17ClN2O2S/c1-23(18-10-6-3-7-11-18)20(16-8-4-2-5-9-16)22-26(24,25)19-14-12-17(21)13-15-19/h2-15H,1H3. The van der Waals surface area contributed by atoms with Crippen molar-refractivity contribution >= 4 is 33.1 Å². The first-order chi connectivity index (χ1) is 12.5. The summed E-state index contributed by atoms with van der Waals surface area (Å²) in [5.41, 5.74) is 1.54. The van der Waals surface area contributed by atoms with Crippen LogP contribution in [-0.4, -0.2) is 21.3 Å². The Bertz CT molecular complexity index is 1000. The predicted molar refractivity (Wildman–Crippen MR) is 106 cm³/mol. The van der Waals surface area contributed by atoms with Crippen molar-refractivity contribution in [2.24, 2.45) is 4.40 Å². The van der Waals surface area contributed by atoms with Crippen molar-refractivity contribution in [1.82, 2.24) is 0 Å². The van der Waals surface area contributed by atoms with Gasteiger partial charge >= 0.3 is 0 Å². The van der Waals surface area contributed by atoms with Gasteiger partial charge in [-0.2, -0.15) is 8.42 Å². The lowest BCUT2D eigenvalue weighted by atomic mass is 10.2. The van der Waals surface area contributed by atoms with Crippen LogP contribution in [-0.2, 0) is 10.0 Å². The molecule has 3 rings (SSSR count). The molecule has 3 aromatic carbocycles. The van der Waals surface area contributed by atoms with Crippen LogP contribution in [0.4, 0.5) is 5.69 Å². The highest BCUT2D eigenvalue weighted by molar-refractivity contribution is 7.90. The normalized spacial score (nSPS) is 12.0. The number of benzene rings is 3. The van der Waals surface area contributed by atoms with Gasteiger partial charge in [0.05, 0.1) is 4.90 Å². The molecule has 0 saturated carbocycles. The van der Waals surface area contributed by atoms with E-state index >= 15 is 0 Å². The Morgan fingerprint density at radius 2 is 1.38 bits per heavy atom. The van der Waals surface area contributed by atoms with Crippen LogP contribution in [0.3, 0.4) is 0 Å². The number of sulfonamides is 1. The van der Waals surface area contributed by atoms with E-state index < -0.39 is 10.0 Å². The van der Waals surface area contributed by atoms with Gasteiger partial charge in [-0.25, -0.2) is 0 Å². The van der Waals surface area contributed by atoms with E-state index in [-0.39, 0.29) is 4.90 Å². The van der Waals surface area contributed by atoms with Gasteiger partial charge in [-0.3, -0.25) is 0 Å². The third-order valence-corrected chi connectivity index (χ3v) is 5.34. The summed E-state index contributed by atoms with van der Waals surface area (Å²) in [4.78, 5) is 1.85. The van der Waals surface area contributed by atoms with Gasteiger partial charge in [-0.15, -0.1) is 4.40 Å². The second-order valence-corrected chi connectivity index (χ2v) is 7.65. The molecule has 4 nitrogen and oxygen atoms in total. The van der Waals surface area contributed by atoms with Crippen molar-refractivity contribution in [3.05, 3.63) is 95.5 Å². The molecule has 0 amide bonds. The second-order valence-electron chi connectivity index (χ2n) is 5.60. The average Bonchev–Trinajstić information content (AvgIpc) is 2.67. The maximum absolute atomic E-state index is 12.8. The minimum atomic E-state index is -3.89. The zero-order valence-corrected chi connectivity index (χ0v) is 15.7. The van der Waals surface area contributed by atoms with Crippen LogP contribution in [0, 0.1) is 0 Å². The molecule has 0 aliphatic carbocycles. The third kappa shape index (κ3) is 4.12. The summed E-state index contributed by atoms with van der Waals surface area (Å²) in [6.07, 6.45) is 0. The molecule has 0 spiro atoms. The number of hydrogen-bond donors (Lipinski definition) is 0. The van der Waals surface area contributed by atoms with Gasteiger partial charge in [0, 0.05) is 23.3 Å². The van der Waals surface area contributed by atoms with Crippen LogP contribution in [0.25, 0.3) is 0 Å². The molecule has 0 radical (unpaired) electrons. The predicted octanol–water partition coefficient (Wildman–Crippen LogP) is 4.61. The summed E-state index contributed by atoms with van der Waals surface area (Å²) in [5, 5.41) is 0.470. The summed E-state index contributed by atoms with van der Waals surface area (Å²) in [6, 6.07) is 24.7. The molecule has 132 valence electrons. The van der Waals surface area contributed by atoms with E-state index in [1.54, 1.807) is 11.9 Å². The Balaban J connectivity index is 2.11. The van der Waals surface area contributed by atoms with Gasteiger partial charge in [0.2, 0.25) is 0 Å². The maximum atomic E-state index is 12.8. The van der Waals surface area contributed by atoms with Crippen LogP contribution in [0.1, 0.15) is 5.56 Å². The molecule has 0 aliphatic heterocycles. The minimum absolute atomic E-state index is 0.0943. The molecule has 0 bridgehead atoms. The second kappa shape index (κ2) is 7.72. The first-order valence-corrected chi connectivity index (χ1v) is 9.74. The van der Waals surface area contributed by atoms with Crippen LogP contribution in [0.15, 0.2) is 94.2 Å². The molecule has 3 aromatic rings. The zero-order chi connectivity index (χ0) is 18.6. The Kier molecular flexibility index (Phi) is 5.40. The zero-order valence-electron chi connectivity index (χ0n) is 14.1. The fourth-order valence-electron chi connectivity index (χ4n) is 2.44. The van der Waals surface area contributed by atoms with E-state index in [2.05, 4.69) is 4.40 Å². The quantitative estimate of drug-likeness (QED) is 0.487. The van der Waals surface area contributed by atoms with Gasteiger partial charge in [0.1, 0.15) is 0 Å². The van der Waals surface area contributed by atoms with Crippen molar-refractivity contribution in [3.63, 3.8) is 0 Å². The number of halogens is 1. The average molecular weight is 385 g/mol. The summed E-state index contributed by atoms with van der Waals surface area (Å²) in [6.45, 7) is 0. The molecule has 0 atom stereocenters. The summed E-state index contributed by atoms with van der Waals surface area (Å²) >= 11 is 5.85. The number of amidine groups is 1. The molecular formula is C20H17ClN2O2S. The Morgan fingerprint density at radius 3 is 1.96 bits per heavy atom. The molecule has 0 aliphatic rings. The molecule has 26 heavy (non-hydrogen) atoms. The van der Waals surface area contributed by atoms with E-state index in [1.165, 1.54) is 24.3 Å². The summed E-state index contributed by atoms with van der Waals surface area (Å²) in [5.74, 6) is 0.340. The SMILES string of the molecule is CN(C(=NS(=O)(=O)c1ccc(Cl)cc1)c1ccccc1)c1ccccc1. The third-order valence-electron chi connectivity index (χ3n) is 3.81. The molecule has 6 heteroatoms. The first kappa shape index (κ1) is 18.2. The summed E-state index contributed by atoms with van der Waals surface area (Å²) in [7, 11) is -2.10. The van der Waals surface area contributed by atoms with Crippen molar-refractivity contribution in [3.8, 4) is 0 Å². The Hall–Kier alpha value is -2.63. The van der Waals surface area contributed by atoms with Crippen LogP contribution in [0.5, 0.6) is 0 Å². The van der Waals surface area contributed by atoms with Gasteiger partial charge in [-0.05, 0) is 36.4 Å². The fourth-order valence-corrected chi connectivity index (χ4v) is 3.61. The van der Waals surface area contributed by atoms with Crippen LogP contribution >= 0.6 is 11.6 Å². The number of hydrogen-bond acceptors (Lipinski definition) is 2. The Morgan fingerprint density at radius 1 is 0.846 bits per heavy atom. The van der Waals surface area contributed by atoms with Gasteiger partial charge in [0.25, 0.3) is 10.0 Å². The minimum Gasteiger partial charge on any atom is -0.328 e. The van der Waals surface area contributed by atoms with Gasteiger partial charge < -0.3 is 4.90 Å². The first-order valence-electron chi connectivity index (χ1n) is 7.92. The van der Waals surface area contributed by atoms with E-state index in [1.807, 2.05) is 60.7 Å². The number of nitrogens with zero attached hydrogens (tertiary/aromatic N) is 2. The molecule has 0 fully saturated rings. The number of anilines is 1. The summed E-state index contributed by atoms with van der Waals surface area (Å²) < 4.78 is 29.7. The molecule has 0 unspecified atom stereocenters. The van der Waals surface area contributed by atoms with E-state index in [0.717, 1.165) is 5.69 Å². The molecule has 0 saturated heterocycles.